The van der Waals surface area contributed by atoms with Gasteiger partial charge in [-0.25, -0.2) is 0 Å². The van der Waals surface area contributed by atoms with Crippen molar-refractivity contribution in [3.8, 4) is 0 Å². The van der Waals surface area contributed by atoms with Crippen molar-refractivity contribution in [2.45, 2.75) is 11.8 Å². The maximum atomic E-state index is 10.9. The van der Waals surface area contributed by atoms with Crippen LogP contribution in [0.15, 0.2) is 0 Å². The smallest absolute Gasteiger partial charge is 0.327 e. The van der Waals surface area contributed by atoms with Gasteiger partial charge in [0.25, 0.3) is 4.87 Å². The number of likely N-dealkylation sites (N-methyl/N-ethyl adjacent to an activating group) is 1. The zero-order chi connectivity index (χ0) is 11.1. The summed E-state index contributed by atoms with van der Waals surface area (Å²) in [6, 6.07) is 0. The normalized spacial score (nSPS) is 17.9. The van der Waals surface area contributed by atoms with Crippen molar-refractivity contribution in [2.75, 3.05) is 21.1 Å². The fraction of sp³-hybridized carbons (Fsp3) is 0.833. The highest BCUT2D eigenvalue weighted by molar-refractivity contribution is 7.87. The number of aliphatic carboxylic acids is 1. The van der Waals surface area contributed by atoms with E-state index in [1.807, 2.05) is 0 Å². The van der Waals surface area contributed by atoms with Crippen LogP contribution in [0.5, 0.6) is 0 Å². The third kappa shape index (κ3) is 1.82. The van der Waals surface area contributed by atoms with Crippen LogP contribution in [-0.2, 0) is 14.9 Å². The fourth-order valence-corrected chi connectivity index (χ4v) is 1.63. The summed E-state index contributed by atoms with van der Waals surface area (Å²) < 4.78 is 30.0. The van der Waals surface area contributed by atoms with Gasteiger partial charge in [0.15, 0.2) is 0 Å². The van der Waals surface area contributed by atoms with E-state index < -0.39 is 25.4 Å². The molecule has 1 unspecified atom stereocenters. The van der Waals surface area contributed by atoms with E-state index in [4.69, 9.17) is 4.55 Å². The molecule has 78 valence electrons. The molecule has 0 aromatic heterocycles. The standard InChI is InChI=1S/C6H13NO5S/c1-6(5(8)9,7(2,3)4)13(10,11)12/h1-4H3,(H-,8,9,10,11,12). The van der Waals surface area contributed by atoms with E-state index in [0.717, 1.165) is 6.92 Å². The molecule has 0 aromatic carbocycles. The Hall–Kier alpha value is -0.660. The van der Waals surface area contributed by atoms with Gasteiger partial charge in [0.1, 0.15) is 5.97 Å². The Morgan fingerprint density at radius 2 is 1.69 bits per heavy atom. The first-order valence-corrected chi connectivity index (χ1v) is 4.88. The molecule has 0 bridgehead atoms. The van der Waals surface area contributed by atoms with E-state index in [2.05, 4.69) is 0 Å². The summed E-state index contributed by atoms with van der Waals surface area (Å²) in [5.41, 5.74) is 0. The van der Waals surface area contributed by atoms with Crippen LogP contribution in [0.25, 0.3) is 0 Å². The molecular formula is C6H13NO5S. The van der Waals surface area contributed by atoms with Gasteiger partial charge >= 0.3 is 10.1 Å². The van der Waals surface area contributed by atoms with Crippen molar-refractivity contribution in [3.63, 3.8) is 0 Å². The molecule has 0 spiro atoms. The largest absolute Gasteiger partial charge is 0.543 e. The second kappa shape index (κ2) is 2.93. The lowest BCUT2D eigenvalue weighted by Gasteiger charge is -2.41. The molecule has 0 saturated carbocycles. The summed E-state index contributed by atoms with van der Waals surface area (Å²) in [5, 5.41) is 10.6. The Morgan fingerprint density at radius 3 is 1.69 bits per heavy atom. The third-order valence-corrected chi connectivity index (χ3v) is 3.88. The fourth-order valence-electron chi connectivity index (χ4n) is 0.725. The second-order valence-electron chi connectivity index (χ2n) is 3.76. The molecule has 0 rings (SSSR count). The second-order valence-corrected chi connectivity index (χ2v) is 5.50. The number of quaternary nitrogens is 1. The molecule has 0 aromatic rings. The van der Waals surface area contributed by atoms with E-state index >= 15 is 0 Å². The molecule has 13 heavy (non-hydrogen) atoms. The van der Waals surface area contributed by atoms with Crippen molar-refractivity contribution in [1.82, 2.24) is 0 Å². The lowest BCUT2D eigenvalue weighted by atomic mass is 10.2. The van der Waals surface area contributed by atoms with Crippen LogP contribution in [0.2, 0.25) is 0 Å². The van der Waals surface area contributed by atoms with Crippen LogP contribution in [0.1, 0.15) is 6.92 Å². The zero-order valence-electron chi connectivity index (χ0n) is 7.94. The van der Waals surface area contributed by atoms with Gasteiger partial charge in [0, 0.05) is 6.92 Å². The highest BCUT2D eigenvalue weighted by Crippen LogP contribution is 2.23. The average molecular weight is 211 g/mol. The van der Waals surface area contributed by atoms with Gasteiger partial charge in [0.2, 0.25) is 0 Å². The number of carbonyl (C=O) groups is 1. The van der Waals surface area contributed by atoms with E-state index in [1.54, 1.807) is 0 Å². The Labute approximate surface area is 77.1 Å². The highest BCUT2D eigenvalue weighted by Gasteiger charge is 2.51. The minimum Gasteiger partial charge on any atom is -0.543 e. The molecule has 0 fully saturated rings. The Kier molecular flexibility index (Phi) is 2.78. The van der Waals surface area contributed by atoms with Crippen molar-refractivity contribution >= 4 is 16.1 Å². The highest BCUT2D eigenvalue weighted by atomic mass is 32.2. The first-order chi connectivity index (χ1) is 5.44. The number of hydrogen-bond donors (Lipinski definition) is 1. The summed E-state index contributed by atoms with van der Waals surface area (Å²) in [4.78, 5) is 8.29. The van der Waals surface area contributed by atoms with E-state index in [0.29, 0.717) is 0 Å². The van der Waals surface area contributed by atoms with Gasteiger partial charge in [-0.05, 0) is 0 Å². The van der Waals surface area contributed by atoms with Gasteiger partial charge in [-0.2, -0.15) is 8.42 Å². The van der Waals surface area contributed by atoms with Crippen LogP contribution in [-0.4, -0.2) is 49.4 Å². The Bertz CT molecular complexity index is 314. The van der Waals surface area contributed by atoms with Crippen LogP contribution >= 0.6 is 0 Å². The first-order valence-electron chi connectivity index (χ1n) is 3.44. The van der Waals surface area contributed by atoms with Gasteiger partial charge in [-0.15, -0.1) is 0 Å². The molecule has 0 radical (unpaired) electrons. The van der Waals surface area contributed by atoms with E-state index in [-0.39, 0.29) is 0 Å². The van der Waals surface area contributed by atoms with Crippen molar-refractivity contribution in [3.05, 3.63) is 0 Å². The molecule has 6 nitrogen and oxygen atoms in total. The topological polar surface area (TPSA) is 94.5 Å². The summed E-state index contributed by atoms with van der Waals surface area (Å²) >= 11 is 0. The minimum atomic E-state index is -4.71. The van der Waals surface area contributed by atoms with Crippen molar-refractivity contribution < 1.29 is 27.4 Å². The molecule has 0 heterocycles. The van der Waals surface area contributed by atoms with Gasteiger partial charge in [-0.1, -0.05) is 0 Å². The predicted octanol–water partition coefficient (Wildman–Crippen LogP) is -1.95. The van der Waals surface area contributed by atoms with Gasteiger partial charge in [0.05, 0.1) is 21.1 Å². The molecule has 1 N–H and O–H groups in total. The predicted molar refractivity (Wildman–Crippen MR) is 43.0 cm³/mol. The van der Waals surface area contributed by atoms with Crippen LogP contribution in [0.4, 0.5) is 0 Å². The van der Waals surface area contributed by atoms with E-state index in [9.17, 15) is 18.3 Å². The first kappa shape index (κ1) is 12.3. The quantitative estimate of drug-likeness (QED) is 0.432. The molecule has 0 aliphatic heterocycles. The maximum absolute atomic E-state index is 10.9. The molecule has 0 amide bonds. The van der Waals surface area contributed by atoms with Crippen LogP contribution in [0.3, 0.4) is 0 Å². The Morgan fingerprint density at radius 1 is 1.38 bits per heavy atom. The summed E-state index contributed by atoms with van der Waals surface area (Å²) in [6.45, 7) is 0.900. The maximum Gasteiger partial charge on any atom is 0.327 e. The molecule has 0 aliphatic carbocycles. The SMILES string of the molecule is CC(C(=O)[O-])([N+](C)(C)C)S(=O)(=O)O. The van der Waals surface area contributed by atoms with Crippen LogP contribution in [0, 0.1) is 0 Å². The average Bonchev–Trinajstić information content (AvgIpc) is 1.80. The zero-order valence-corrected chi connectivity index (χ0v) is 8.75. The van der Waals surface area contributed by atoms with Gasteiger partial charge in [-0.3, -0.25) is 4.55 Å². The molecule has 0 aliphatic rings. The summed E-state index contributed by atoms with van der Waals surface area (Å²) in [5.74, 6) is -1.83. The number of carboxylic acids is 1. The van der Waals surface area contributed by atoms with Crippen molar-refractivity contribution in [2.24, 2.45) is 0 Å². The molecule has 7 heteroatoms. The molecule has 1 atom stereocenters. The summed E-state index contributed by atoms with van der Waals surface area (Å²) in [7, 11) is -0.701. The third-order valence-electron chi connectivity index (χ3n) is 2.16. The molecule has 0 saturated heterocycles. The van der Waals surface area contributed by atoms with E-state index in [1.165, 1.54) is 21.1 Å². The summed E-state index contributed by atoms with van der Waals surface area (Å²) in [6.07, 6.45) is 0. The number of rotatable bonds is 3. The van der Waals surface area contributed by atoms with Crippen LogP contribution < -0.4 is 5.11 Å². The monoisotopic (exact) mass is 211 g/mol. The molecular weight excluding hydrogens is 198 g/mol. The number of carboxylic acid groups (broad SMARTS) is 1. The number of hydrogen-bond acceptors (Lipinski definition) is 4. The lowest BCUT2D eigenvalue weighted by Crippen LogP contribution is -2.68. The Balaban J connectivity index is 5.64. The number of nitrogens with zero attached hydrogens (tertiary/aromatic N) is 1. The number of carbonyl (C=O) groups excluding carboxylic acids is 1. The van der Waals surface area contributed by atoms with Gasteiger partial charge < -0.3 is 14.4 Å². The minimum absolute atomic E-state index is 0.478. The lowest BCUT2D eigenvalue weighted by molar-refractivity contribution is -0.898. The van der Waals surface area contributed by atoms with Crippen molar-refractivity contribution in [1.29, 1.82) is 0 Å².